The summed E-state index contributed by atoms with van der Waals surface area (Å²) in [5.41, 5.74) is 2.59. The Hall–Kier alpha value is -3.48. The van der Waals surface area contributed by atoms with E-state index in [2.05, 4.69) is 5.32 Å². The zero-order chi connectivity index (χ0) is 22.9. The van der Waals surface area contributed by atoms with Gasteiger partial charge in [0.25, 0.3) is 11.5 Å². The number of nitrogens with one attached hydrogen (secondary N) is 1. The molecule has 0 saturated carbocycles. The van der Waals surface area contributed by atoms with Gasteiger partial charge in [0.15, 0.2) is 0 Å². The van der Waals surface area contributed by atoms with E-state index in [1.807, 2.05) is 32.9 Å². The number of amides is 2. The highest BCUT2D eigenvalue weighted by Gasteiger charge is 2.20. The number of carbonyl (C=O) groups excluding carboxylic acids is 2. The fourth-order valence-corrected chi connectivity index (χ4v) is 3.70. The van der Waals surface area contributed by atoms with Crippen LogP contribution in [-0.4, -0.2) is 23.4 Å². The average molecular weight is 423 g/mol. The first-order chi connectivity index (χ1) is 14.6. The van der Waals surface area contributed by atoms with Crippen LogP contribution in [0.2, 0.25) is 0 Å². The van der Waals surface area contributed by atoms with Crippen molar-refractivity contribution in [2.45, 2.75) is 40.2 Å². The second-order valence-corrected chi connectivity index (χ2v) is 7.77. The first-order valence-electron chi connectivity index (χ1n) is 10.2. The van der Waals surface area contributed by atoms with Gasteiger partial charge in [-0.2, -0.15) is 0 Å². The number of aryl methyl sites for hydroxylation is 1. The summed E-state index contributed by atoms with van der Waals surface area (Å²) >= 11 is 0. The largest absolute Gasteiger partial charge is 0.325 e. The lowest BCUT2D eigenvalue weighted by Gasteiger charge is -2.21. The molecule has 2 amide bonds. The number of halogens is 1. The van der Waals surface area contributed by atoms with Crippen LogP contribution in [0.25, 0.3) is 10.9 Å². The molecule has 0 saturated heterocycles. The zero-order valence-electron chi connectivity index (χ0n) is 18.3. The summed E-state index contributed by atoms with van der Waals surface area (Å²) in [6.07, 6.45) is 0. The van der Waals surface area contributed by atoms with Gasteiger partial charge < -0.3 is 14.8 Å². The summed E-state index contributed by atoms with van der Waals surface area (Å²) in [5, 5.41) is 3.41. The van der Waals surface area contributed by atoms with E-state index >= 15 is 0 Å². The predicted molar refractivity (Wildman–Crippen MR) is 121 cm³/mol. The molecule has 1 heterocycles. The van der Waals surface area contributed by atoms with Gasteiger partial charge in [-0.3, -0.25) is 14.4 Å². The SMILES string of the molecule is CCn1c(=O)cc(C(C)C)c2cc(N(C)C(=O)c3ccc(F)cc3NC(C)=O)ccc21. The standard InChI is InChI=1S/C24H26FN3O3/c1-6-28-22-10-8-17(12-20(22)19(14(2)3)13-23(28)30)27(5)24(31)18-9-7-16(25)11-21(18)26-15(4)29/h7-14H,6H2,1-5H3,(H,26,29). The minimum absolute atomic E-state index is 0.0536. The third-order valence-electron chi connectivity index (χ3n) is 5.28. The van der Waals surface area contributed by atoms with Crippen LogP contribution in [0.15, 0.2) is 47.3 Å². The number of hydrogen-bond acceptors (Lipinski definition) is 3. The van der Waals surface area contributed by atoms with Crippen LogP contribution in [0.1, 0.15) is 49.5 Å². The molecule has 0 spiro atoms. The van der Waals surface area contributed by atoms with Crippen LogP contribution >= 0.6 is 0 Å². The van der Waals surface area contributed by atoms with Crippen LogP contribution in [0.5, 0.6) is 0 Å². The summed E-state index contributed by atoms with van der Waals surface area (Å²) in [5.74, 6) is -1.21. The minimum atomic E-state index is -0.548. The van der Waals surface area contributed by atoms with E-state index in [0.717, 1.165) is 22.5 Å². The Morgan fingerprint density at radius 2 is 1.84 bits per heavy atom. The first kappa shape index (κ1) is 22.2. The molecule has 0 bridgehead atoms. The lowest BCUT2D eigenvalue weighted by atomic mass is 9.98. The molecular formula is C24H26FN3O3. The number of rotatable bonds is 5. The second kappa shape index (κ2) is 8.71. The number of aromatic nitrogens is 1. The molecule has 31 heavy (non-hydrogen) atoms. The summed E-state index contributed by atoms with van der Waals surface area (Å²) in [6.45, 7) is 7.79. The van der Waals surface area contributed by atoms with Crippen molar-refractivity contribution in [3.05, 3.63) is 69.8 Å². The molecule has 1 N–H and O–H groups in total. The third-order valence-corrected chi connectivity index (χ3v) is 5.28. The molecule has 3 rings (SSSR count). The average Bonchev–Trinajstić information content (AvgIpc) is 2.71. The van der Waals surface area contributed by atoms with E-state index in [9.17, 15) is 18.8 Å². The van der Waals surface area contributed by atoms with Crippen LogP contribution in [0.4, 0.5) is 15.8 Å². The highest BCUT2D eigenvalue weighted by atomic mass is 19.1. The van der Waals surface area contributed by atoms with E-state index in [1.54, 1.807) is 23.7 Å². The monoisotopic (exact) mass is 423 g/mol. The van der Waals surface area contributed by atoms with E-state index in [0.29, 0.717) is 12.2 Å². The van der Waals surface area contributed by atoms with Gasteiger partial charge in [0.1, 0.15) is 5.82 Å². The summed E-state index contributed by atoms with van der Waals surface area (Å²) < 4.78 is 15.4. The van der Waals surface area contributed by atoms with Crippen LogP contribution < -0.4 is 15.8 Å². The molecule has 162 valence electrons. The quantitative estimate of drug-likeness (QED) is 0.656. The van der Waals surface area contributed by atoms with Gasteiger partial charge in [-0.1, -0.05) is 13.8 Å². The Morgan fingerprint density at radius 3 is 2.45 bits per heavy atom. The fourth-order valence-electron chi connectivity index (χ4n) is 3.70. The van der Waals surface area contributed by atoms with E-state index < -0.39 is 17.6 Å². The Kier molecular flexibility index (Phi) is 6.24. The maximum atomic E-state index is 13.7. The molecule has 0 atom stereocenters. The van der Waals surface area contributed by atoms with Gasteiger partial charge in [0.2, 0.25) is 5.91 Å². The highest BCUT2D eigenvalue weighted by molar-refractivity contribution is 6.11. The van der Waals surface area contributed by atoms with E-state index in [1.165, 1.54) is 24.0 Å². The normalized spacial score (nSPS) is 11.1. The summed E-state index contributed by atoms with van der Waals surface area (Å²) in [7, 11) is 1.62. The Labute approximate surface area is 180 Å². The van der Waals surface area contributed by atoms with Crippen LogP contribution in [0.3, 0.4) is 0 Å². The summed E-state index contributed by atoms with van der Waals surface area (Å²) in [6, 6.07) is 10.8. The molecule has 7 heteroatoms. The molecule has 0 aliphatic rings. The molecule has 2 aromatic carbocycles. The van der Waals surface area contributed by atoms with Crippen LogP contribution in [0, 0.1) is 5.82 Å². The summed E-state index contributed by atoms with van der Waals surface area (Å²) in [4.78, 5) is 38.6. The highest BCUT2D eigenvalue weighted by Crippen LogP contribution is 2.29. The van der Waals surface area contributed by atoms with E-state index in [4.69, 9.17) is 0 Å². The van der Waals surface area contributed by atoms with E-state index in [-0.39, 0.29) is 22.7 Å². The molecule has 0 aliphatic heterocycles. The Morgan fingerprint density at radius 1 is 1.13 bits per heavy atom. The zero-order valence-corrected chi connectivity index (χ0v) is 18.3. The van der Waals surface area contributed by atoms with Crippen LogP contribution in [-0.2, 0) is 11.3 Å². The smallest absolute Gasteiger partial charge is 0.260 e. The van der Waals surface area contributed by atoms with Crippen molar-refractivity contribution in [3.63, 3.8) is 0 Å². The minimum Gasteiger partial charge on any atom is -0.325 e. The maximum Gasteiger partial charge on any atom is 0.260 e. The van der Waals surface area contributed by atoms with Crippen molar-refractivity contribution in [3.8, 4) is 0 Å². The third kappa shape index (κ3) is 4.35. The van der Waals surface area contributed by atoms with Gasteiger partial charge in [0, 0.05) is 37.7 Å². The Balaban J connectivity index is 2.11. The number of pyridine rings is 1. The van der Waals surface area contributed by atoms with Crippen molar-refractivity contribution < 1.29 is 14.0 Å². The first-order valence-corrected chi connectivity index (χ1v) is 10.2. The van der Waals surface area contributed by atoms with Crippen molar-refractivity contribution >= 4 is 34.1 Å². The van der Waals surface area contributed by atoms with Gasteiger partial charge in [-0.15, -0.1) is 0 Å². The van der Waals surface area contributed by atoms with Crippen molar-refractivity contribution in [2.75, 3.05) is 17.3 Å². The number of nitrogens with zero attached hydrogens (tertiary/aromatic N) is 2. The topological polar surface area (TPSA) is 71.4 Å². The van der Waals surface area contributed by atoms with Gasteiger partial charge in [-0.05, 0) is 54.8 Å². The van der Waals surface area contributed by atoms with Crippen molar-refractivity contribution in [2.24, 2.45) is 0 Å². The Bertz CT molecular complexity index is 1230. The second-order valence-electron chi connectivity index (χ2n) is 7.77. The van der Waals surface area contributed by atoms with Crippen molar-refractivity contribution in [1.29, 1.82) is 0 Å². The molecule has 0 radical (unpaired) electrons. The number of carbonyl (C=O) groups is 2. The molecule has 0 aliphatic carbocycles. The lowest BCUT2D eigenvalue weighted by molar-refractivity contribution is -0.114. The van der Waals surface area contributed by atoms with Gasteiger partial charge >= 0.3 is 0 Å². The van der Waals surface area contributed by atoms with Crippen molar-refractivity contribution in [1.82, 2.24) is 4.57 Å². The number of anilines is 2. The molecule has 0 fully saturated rings. The van der Waals surface area contributed by atoms with Gasteiger partial charge in [0.05, 0.1) is 16.8 Å². The fraction of sp³-hybridized carbons (Fsp3) is 0.292. The number of fused-ring (bicyclic) bond motifs is 1. The molecule has 3 aromatic rings. The molecule has 0 unspecified atom stereocenters. The lowest BCUT2D eigenvalue weighted by Crippen LogP contribution is -2.28. The number of benzene rings is 2. The molecule has 6 nitrogen and oxygen atoms in total. The molecular weight excluding hydrogens is 397 g/mol. The molecule has 1 aromatic heterocycles. The maximum absolute atomic E-state index is 13.7. The number of hydrogen-bond donors (Lipinski definition) is 1. The predicted octanol–water partition coefficient (Wildman–Crippen LogP) is 4.52. The van der Waals surface area contributed by atoms with Gasteiger partial charge in [-0.25, -0.2) is 4.39 Å².